The Morgan fingerprint density at radius 3 is 2.35 bits per heavy atom. The van der Waals surface area contributed by atoms with Crippen LogP contribution >= 0.6 is 0 Å². The third-order valence-corrected chi connectivity index (χ3v) is 5.23. The Hall–Kier alpha value is -2.57. The fraction of sp³-hybridized carbons (Fsp3) is 0.526. The van der Waals surface area contributed by atoms with Crippen LogP contribution in [0, 0.1) is 5.41 Å². The van der Waals surface area contributed by atoms with Crippen molar-refractivity contribution in [3.05, 3.63) is 29.8 Å². The first-order valence-corrected chi connectivity index (χ1v) is 8.92. The van der Waals surface area contributed by atoms with Gasteiger partial charge in [0.1, 0.15) is 11.2 Å². The summed E-state index contributed by atoms with van der Waals surface area (Å²) in [4.78, 5) is 40.7. The highest BCUT2D eigenvalue weighted by atomic mass is 16.5. The van der Waals surface area contributed by atoms with Gasteiger partial charge in [-0.3, -0.25) is 14.4 Å². The molecule has 0 radical (unpaired) electrons. The predicted octanol–water partition coefficient (Wildman–Crippen LogP) is 0.435. The Labute approximate surface area is 153 Å². The van der Waals surface area contributed by atoms with Crippen molar-refractivity contribution in [2.24, 2.45) is 5.41 Å². The van der Waals surface area contributed by atoms with Crippen LogP contribution in [0.1, 0.15) is 18.4 Å². The first kappa shape index (κ1) is 18.2. The van der Waals surface area contributed by atoms with Crippen molar-refractivity contribution < 1.29 is 19.1 Å². The minimum atomic E-state index is -0.860. The van der Waals surface area contributed by atoms with Crippen LogP contribution < -0.4 is 10.1 Å². The summed E-state index contributed by atoms with van der Waals surface area (Å²) in [6, 6.07) is 7.47. The molecule has 0 bridgehead atoms. The number of hydrogen-bond acceptors (Lipinski definition) is 4. The second kappa shape index (κ2) is 7.35. The lowest BCUT2D eigenvalue weighted by atomic mass is 10.0. The van der Waals surface area contributed by atoms with E-state index >= 15 is 0 Å². The summed E-state index contributed by atoms with van der Waals surface area (Å²) in [5, 5.41) is 2.59. The molecule has 1 saturated carbocycles. The maximum absolute atomic E-state index is 12.7. The van der Waals surface area contributed by atoms with Gasteiger partial charge in [0, 0.05) is 33.2 Å². The largest absolute Gasteiger partial charge is 0.497 e. The van der Waals surface area contributed by atoms with E-state index in [-0.39, 0.29) is 17.7 Å². The molecular formula is C19H25N3O4. The van der Waals surface area contributed by atoms with Gasteiger partial charge in [-0.15, -0.1) is 0 Å². The molecule has 7 heteroatoms. The minimum absolute atomic E-state index is 0.0396. The summed E-state index contributed by atoms with van der Waals surface area (Å²) in [5.41, 5.74) is 0.0473. The van der Waals surface area contributed by atoms with Crippen molar-refractivity contribution in [2.45, 2.75) is 19.3 Å². The summed E-state index contributed by atoms with van der Waals surface area (Å²) in [5.74, 6) is 0.475. The molecular weight excluding hydrogens is 334 g/mol. The van der Waals surface area contributed by atoms with E-state index in [2.05, 4.69) is 5.32 Å². The molecule has 2 fully saturated rings. The zero-order chi connectivity index (χ0) is 18.7. The first-order chi connectivity index (χ1) is 12.5. The molecule has 3 amide bonds. The fourth-order valence-electron chi connectivity index (χ4n) is 3.43. The van der Waals surface area contributed by atoms with Gasteiger partial charge in [0.05, 0.1) is 13.5 Å². The smallest absolute Gasteiger partial charge is 0.238 e. The molecule has 26 heavy (non-hydrogen) atoms. The second-order valence-electron chi connectivity index (χ2n) is 6.86. The zero-order valence-electron chi connectivity index (χ0n) is 15.3. The molecule has 1 N–H and O–H groups in total. The van der Waals surface area contributed by atoms with E-state index in [0.29, 0.717) is 45.4 Å². The van der Waals surface area contributed by atoms with Gasteiger partial charge in [-0.05, 0) is 30.5 Å². The van der Waals surface area contributed by atoms with Crippen LogP contribution in [0.25, 0.3) is 0 Å². The van der Waals surface area contributed by atoms with Crippen molar-refractivity contribution in [3.63, 3.8) is 0 Å². The van der Waals surface area contributed by atoms with Gasteiger partial charge in [-0.1, -0.05) is 12.1 Å². The lowest BCUT2D eigenvalue weighted by molar-refractivity contribution is -0.147. The quantitative estimate of drug-likeness (QED) is 0.774. The summed E-state index contributed by atoms with van der Waals surface area (Å²) in [7, 11) is 3.16. The Bertz CT molecular complexity index is 706. The van der Waals surface area contributed by atoms with Crippen LogP contribution in [-0.4, -0.2) is 67.9 Å². The molecule has 0 spiro atoms. The number of nitrogens with one attached hydrogen (secondary N) is 1. The van der Waals surface area contributed by atoms with Gasteiger partial charge in [0.15, 0.2) is 0 Å². The number of rotatable bonds is 5. The molecule has 0 aromatic heterocycles. The summed E-state index contributed by atoms with van der Waals surface area (Å²) >= 11 is 0. The monoisotopic (exact) mass is 359 g/mol. The van der Waals surface area contributed by atoms with Gasteiger partial charge in [-0.25, -0.2) is 0 Å². The second-order valence-corrected chi connectivity index (χ2v) is 6.86. The number of methoxy groups -OCH3 is 1. The lowest BCUT2D eigenvalue weighted by Crippen LogP contribution is -2.54. The van der Waals surface area contributed by atoms with Crippen molar-refractivity contribution in [3.8, 4) is 5.75 Å². The number of nitrogens with zero attached hydrogens (tertiary/aromatic N) is 2. The van der Waals surface area contributed by atoms with E-state index < -0.39 is 5.41 Å². The van der Waals surface area contributed by atoms with Gasteiger partial charge >= 0.3 is 0 Å². The average molecular weight is 359 g/mol. The van der Waals surface area contributed by atoms with Crippen molar-refractivity contribution in [2.75, 3.05) is 40.3 Å². The van der Waals surface area contributed by atoms with Crippen LogP contribution in [0.5, 0.6) is 5.75 Å². The molecule has 0 atom stereocenters. The van der Waals surface area contributed by atoms with Gasteiger partial charge < -0.3 is 19.9 Å². The predicted molar refractivity (Wildman–Crippen MR) is 95.6 cm³/mol. The van der Waals surface area contributed by atoms with E-state index in [9.17, 15) is 14.4 Å². The summed E-state index contributed by atoms with van der Waals surface area (Å²) in [6.07, 6.45) is 1.54. The molecule has 3 rings (SSSR count). The van der Waals surface area contributed by atoms with Crippen LogP contribution in [0.4, 0.5) is 0 Å². The van der Waals surface area contributed by atoms with Gasteiger partial charge in [0.2, 0.25) is 17.7 Å². The van der Waals surface area contributed by atoms with Gasteiger partial charge in [-0.2, -0.15) is 0 Å². The zero-order valence-corrected chi connectivity index (χ0v) is 15.3. The third-order valence-electron chi connectivity index (χ3n) is 5.23. The van der Waals surface area contributed by atoms with Crippen LogP contribution in [0.3, 0.4) is 0 Å². The molecule has 1 aromatic carbocycles. The number of piperazine rings is 1. The molecule has 1 saturated heterocycles. The fourth-order valence-corrected chi connectivity index (χ4v) is 3.43. The van der Waals surface area contributed by atoms with Crippen LogP contribution in [-0.2, 0) is 20.8 Å². The van der Waals surface area contributed by atoms with E-state index in [1.165, 1.54) is 0 Å². The van der Waals surface area contributed by atoms with Crippen LogP contribution in [0.15, 0.2) is 24.3 Å². The van der Waals surface area contributed by atoms with E-state index in [1.54, 1.807) is 24.0 Å². The van der Waals surface area contributed by atoms with E-state index in [1.807, 2.05) is 24.3 Å². The molecule has 1 aromatic rings. The minimum Gasteiger partial charge on any atom is -0.497 e. The molecule has 1 heterocycles. The highest BCUT2D eigenvalue weighted by molar-refractivity contribution is 6.07. The maximum atomic E-state index is 12.7. The Morgan fingerprint density at radius 2 is 1.77 bits per heavy atom. The number of benzene rings is 1. The lowest BCUT2D eigenvalue weighted by Gasteiger charge is -2.36. The highest BCUT2D eigenvalue weighted by Crippen LogP contribution is 2.47. The topological polar surface area (TPSA) is 79.0 Å². The number of carbonyl (C=O) groups is 3. The van der Waals surface area contributed by atoms with Crippen LogP contribution in [0.2, 0.25) is 0 Å². The number of carbonyl (C=O) groups excluding carboxylic acids is 3. The van der Waals surface area contributed by atoms with Crippen molar-refractivity contribution >= 4 is 17.7 Å². The summed E-state index contributed by atoms with van der Waals surface area (Å²) < 4.78 is 5.19. The molecule has 2 aliphatic rings. The summed E-state index contributed by atoms with van der Waals surface area (Å²) in [6.45, 7) is 1.94. The highest BCUT2D eigenvalue weighted by Gasteiger charge is 2.57. The standard InChI is InChI=1S/C19H25N3O4/c1-20-17(24)19(6-7-19)18(25)22-10-8-21(9-11-22)16(23)13-14-4-3-5-15(12-14)26-2/h3-5,12H,6-11,13H2,1-2H3,(H,20,24). The van der Waals surface area contributed by atoms with E-state index in [4.69, 9.17) is 4.74 Å². The number of amides is 3. The SMILES string of the molecule is CNC(=O)C1(C(=O)N2CCN(C(=O)Cc3cccc(OC)c3)CC2)CC1. The average Bonchev–Trinajstić information content (AvgIpc) is 3.49. The molecule has 0 unspecified atom stereocenters. The first-order valence-electron chi connectivity index (χ1n) is 8.92. The molecule has 7 nitrogen and oxygen atoms in total. The molecule has 1 aliphatic carbocycles. The van der Waals surface area contributed by atoms with E-state index in [0.717, 1.165) is 11.3 Å². The Balaban J connectivity index is 1.54. The molecule has 140 valence electrons. The third kappa shape index (κ3) is 3.52. The Morgan fingerprint density at radius 1 is 1.12 bits per heavy atom. The Kier molecular flexibility index (Phi) is 5.15. The molecule has 1 aliphatic heterocycles. The normalized spacial score (nSPS) is 18.2. The number of hydrogen-bond donors (Lipinski definition) is 1. The van der Waals surface area contributed by atoms with Crippen molar-refractivity contribution in [1.82, 2.24) is 15.1 Å². The van der Waals surface area contributed by atoms with Gasteiger partial charge in [0.25, 0.3) is 0 Å². The van der Waals surface area contributed by atoms with Crippen molar-refractivity contribution in [1.29, 1.82) is 0 Å². The maximum Gasteiger partial charge on any atom is 0.238 e. The number of ether oxygens (including phenoxy) is 1.